The summed E-state index contributed by atoms with van der Waals surface area (Å²) in [5.74, 6) is 0. The number of aryl methyl sites for hydroxylation is 2. The zero-order valence-electron chi connectivity index (χ0n) is 12.7. The van der Waals surface area contributed by atoms with E-state index < -0.39 is 20.3 Å². The van der Waals surface area contributed by atoms with Gasteiger partial charge in [-0.15, -0.1) is 10.2 Å². The molecule has 0 saturated heterocycles. The van der Waals surface area contributed by atoms with Crippen molar-refractivity contribution in [1.82, 2.24) is 0 Å². The second-order valence-corrected chi connectivity index (χ2v) is 9.53. The normalized spacial score (nSPS) is 14.3. The van der Waals surface area contributed by atoms with Gasteiger partial charge in [-0.1, -0.05) is 20.8 Å². The smallest absolute Gasteiger partial charge is 0.222 e. The van der Waals surface area contributed by atoms with Crippen molar-refractivity contribution in [3.63, 3.8) is 0 Å². The molecule has 0 spiro atoms. The van der Waals surface area contributed by atoms with Crippen LogP contribution in [-0.2, 0) is 22.9 Å². The third-order valence-corrected chi connectivity index (χ3v) is 6.33. The van der Waals surface area contributed by atoms with Crippen LogP contribution in [0.2, 0.25) is 0 Å². The first-order chi connectivity index (χ1) is 11.5. The van der Waals surface area contributed by atoms with E-state index in [0.717, 1.165) is 17.3 Å². The van der Waals surface area contributed by atoms with Gasteiger partial charge in [-0.2, -0.15) is 8.42 Å². The highest BCUT2D eigenvalue weighted by Gasteiger charge is 2.24. The molecule has 2 aromatic rings. The molecule has 12 heteroatoms. The fourth-order valence-corrected chi connectivity index (χ4v) is 4.78. The van der Waals surface area contributed by atoms with Gasteiger partial charge in [0.15, 0.2) is 11.5 Å². The predicted octanol–water partition coefficient (Wildman–Crippen LogP) is -2.15. The lowest BCUT2D eigenvalue weighted by atomic mass is 10.0. The Kier molecular flexibility index (Phi) is 6.79. The number of hydrogen-bond acceptors (Lipinski definition) is 7. The Morgan fingerprint density at radius 2 is 1.64 bits per heavy atom. The molecule has 0 amide bonds. The van der Waals surface area contributed by atoms with E-state index in [2.05, 4.69) is 20.8 Å². The molecular weight excluding hydrogens is 460 g/mol. The Labute approximate surface area is 159 Å². The van der Waals surface area contributed by atoms with E-state index in [1.54, 1.807) is 28.3 Å². The van der Waals surface area contributed by atoms with Gasteiger partial charge in [0.05, 0.1) is 9.77 Å². The van der Waals surface area contributed by atoms with Crippen LogP contribution in [-0.4, -0.2) is 8.42 Å². The van der Waals surface area contributed by atoms with Crippen molar-refractivity contribution in [2.45, 2.75) is 30.6 Å². The van der Waals surface area contributed by atoms with Crippen molar-refractivity contribution >= 4 is 37.5 Å². The first kappa shape index (κ1) is 20.5. The molecule has 1 heterocycles. The van der Waals surface area contributed by atoms with Crippen LogP contribution >= 0.6 is 27.5 Å². The van der Waals surface area contributed by atoms with E-state index in [1.165, 1.54) is 34.8 Å². The summed E-state index contributed by atoms with van der Waals surface area (Å²) in [4.78, 5) is 4.15. The van der Waals surface area contributed by atoms with Gasteiger partial charge >= 0.3 is 10.0 Å². The number of benzene rings is 1. The lowest BCUT2D eigenvalue weighted by Gasteiger charge is -2.17. The Balaban J connectivity index is 0.000000399. The van der Waals surface area contributed by atoms with Crippen molar-refractivity contribution < 1.29 is 41.4 Å². The molecule has 0 saturated carbocycles. The molecule has 1 N–H and O–H groups in total. The molecule has 1 aromatic carbocycles. The SMILES string of the molecule is O=S(=O)(N[n+]1cc2c(s1)CCCC2)c1ccc(Br)cc1.[O-][Cl+3]([O-])([O-])[O-]. The fourth-order valence-electron chi connectivity index (χ4n) is 2.26. The maximum atomic E-state index is 12.3. The van der Waals surface area contributed by atoms with Crippen molar-refractivity contribution in [2.75, 3.05) is 4.83 Å². The van der Waals surface area contributed by atoms with E-state index >= 15 is 0 Å². The Hall–Kier alpha value is -0.790. The maximum absolute atomic E-state index is 12.3. The second-order valence-electron chi connectivity index (χ2n) is 5.13. The van der Waals surface area contributed by atoms with Crippen LogP contribution < -0.4 is 27.5 Å². The van der Waals surface area contributed by atoms with Gasteiger partial charge in [-0.05, 0) is 54.0 Å². The molecule has 0 aliphatic heterocycles. The number of rotatable bonds is 3. The highest BCUT2D eigenvalue weighted by molar-refractivity contribution is 9.10. The molecule has 0 radical (unpaired) electrons. The summed E-state index contributed by atoms with van der Waals surface area (Å²) >= 11 is 4.78. The predicted molar refractivity (Wildman–Crippen MR) is 81.8 cm³/mol. The van der Waals surface area contributed by atoms with Crippen LogP contribution in [0.25, 0.3) is 0 Å². The molecule has 138 valence electrons. The zero-order valence-corrected chi connectivity index (χ0v) is 16.7. The van der Waals surface area contributed by atoms with Gasteiger partial charge in [0, 0.05) is 10.0 Å². The van der Waals surface area contributed by atoms with E-state index in [9.17, 15) is 8.42 Å². The van der Waals surface area contributed by atoms with Gasteiger partial charge in [-0.25, -0.2) is 18.6 Å². The topological polar surface area (TPSA) is 142 Å². The highest BCUT2D eigenvalue weighted by Crippen LogP contribution is 2.23. The summed E-state index contributed by atoms with van der Waals surface area (Å²) in [6, 6.07) is 6.61. The molecular formula is C13H14BrClN2O6S2. The minimum Gasteiger partial charge on any atom is -0.222 e. The van der Waals surface area contributed by atoms with Crippen molar-refractivity contribution in [3.05, 3.63) is 45.4 Å². The molecule has 0 bridgehead atoms. The third kappa shape index (κ3) is 6.79. The molecule has 1 aliphatic carbocycles. The highest BCUT2D eigenvalue weighted by atomic mass is 79.9. The van der Waals surface area contributed by atoms with Gasteiger partial charge in [0.1, 0.15) is 0 Å². The Morgan fingerprint density at radius 3 is 2.20 bits per heavy atom. The Morgan fingerprint density at radius 1 is 1.08 bits per heavy atom. The van der Waals surface area contributed by atoms with Crippen LogP contribution in [0, 0.1) is 10.2 Å². The number of fused-ring (bicyclic) bond motifs is 1. The molecule has 1 aliphatic rings. The van der Waals surface area contributed by atoms with Crippen LogP contribution in [0.3, 0.4) is 0 Å². The first-order valence-electron chi connectivity index (χ1n) is 6.98. The van der Waals surface area contributed by atoms with Crippen molar-refractivity contribution in [2.24, 2.45) is 0 Å². The minimum atomic E-state index is -4.94. The minimum absolute atomic E-state index is 0.263. The summed E-state index contributed by atoms with van der Waals surface area (Å²) in [6.07, 6.45) is 6.36. The second kappa shape index (κ2) is 8.27. The van der Waals surface area contributed by atoms with Gasteiger partial charge < -0.3 is 0 Å². The first-order valence-corrected chi connectivity index (χ1v) is 11.3. The van der Waals surface area contributed by atoms with Crippen LogP contribution in [0.15, 0.2) is 39.8 Å². The summed E-state index contributed by atoms with van der Waals surface area (Å²) in [5, 5.41) is 0. The average molecular weight is 474 g/mol. The number of sulfonamides is 1. The molecule has 0 atom stereocenters. The van der Waals surface area contributed by atoms with Gasteiger partial charge in [0.25, 0.3) is 0 Å². The zero-order chi connectivity index (χ0) is 18.7. The monoisotopic (exact) mass is 472 g/mol. The summed E-state index contributed by atoms with van der Waals surface area (Å²) in [7, 11) is -8.47. The molecule has 25 heavy (non-hydrogen) atoms. The molecule has 3 rings (SSSR count). The fraction of sp³-hybridized carbons (Fsp3) is 0.308. The number of nitrogens with one attached hydrogen (secondary N) is 1. The van der Waals surface area contributed by atoms with E-state index in [0.29, 0.717) is 0 Å². The lowest BCUT2D eigenvalue weighted by Crippen LogP contribution is -2.68. The molecule has 1 aromatic heterocycles. The van der Waals surface area contributed by atoms with E-state index in [1.807, 2.05) is 6.20 Å². The molecule has 0 fully saturated rings. The van der Waals surface area contributed by atoms with Crippen LogP contribution in [0.1, 0.15) is 23.3 Å². The quantitative estimate of drug-likeness (QED) is 0.504. The number of halogens is 2. The average Bonchev–Trinajstić information content (AvgIpc) is 2.87. The summed E-state index contributed by atoms with van der Waals surface area (Å²) in [6.45, 7) is 0. The standard InChI is InChI=1S/C13H14BrN2O2S2.ClHO4/c14-11-5-7-12(8-6-11)20(17,18)15-16-9-10-3-1-2-4-13(10)19-16;2-1(3,4)5/h5-9,15H,1-4H2;(H,2,3,4,5)/q+1;/p-1. The van der Waals surface area contributed by atoms with E-state index in [-0.39, 0.29) is 4.90 Å². The summed E-state index contributed by atoms with van der Waals surface area (Å²) < 4.78 is 61.0. The van der Waals surface area contributed by atoms with Gasteiger partial charge in [-0.3, -0.25) is 0 Å². The third-order valence-electron chi connectivity index (χ3n) is 3.27. The van der Waals surface area contributed by atoms with Crippen molar-refractivity contribution in [1.29, 1.82) is 0 Å². The number of nitrogens with zero attached hydrogens (tertiary/aromatic N) is 1. The van der Waals surface area contributed by atoms with Crippen molar-refractivity contribution in [3.8, 4) is 0 Å². The lowest BCUT2D eigenvalue weighted by molar-refractivity contribution is -2.00. The Bertz CT molecular complexity index is 791. The van der Waals surface area contributed by atoms with Crippen LogP contribution in [0.4, 0.5) is 0 Å². The number of aromatic nitrogens is 1. The van der Waals surface area contributed by atoms with E-state index in [4.69, 9.17) is 18.6 Å². The van der Waals surface area contributed by atoms with Gasteiger partial charge in [0.2, 0.25) is 6.20 Å². The van der Waals surface area contributed by atoms with Crippen LogP contribution in [0.5, 0.6) is 0 Å². The number of hydrogen-bond donors (Lipinski definition) is 1. The summed E-state index contributed by atoms with van der Waals surface area (Å²) in [5.41, 5.74) is 1.26. The maximum Gasteiger partial charge on any atom is 0.307 e. The molecule has 0 unspecified atom stereocenters. The largest absolute Gasteiger partial charge is 0.307 e. The molecule has 8 nitrogen and oxygen atoms in total.